The third-order valence-electron chi connectivity index (χ3n) is 9.52. The highest BCUT2D eigenvalue weighted by Gasteiger charge is 2.66. The first kappa shape index (κ1) is 20.3. The van der Waals surface area contributed by atoms with Gasteiger partial charge in [-0.2, -0.15) is 5.26 Å². The molecule has 1 aliphatic heterocycles. The highest BCUT2D eigenvalue weighted by Crippen LogP contribution is 2.72. The van der Waals surface area contributed by atoms with Gasteiger partial charge in [0.15, 0.2) is 5.79 Å². The summed E-state index contributed by atoms with van der Waals surface area (Å²) in [5.74, 6) is 0.928. The van der Waals surface area contributed by atoms with Gasteiger partial charge in [0.1, 0.15) is 0 Å². The highest BCUT2D eigenvalue weighted by atomic mass is 35.5. The van der Waals surface area contributed by atoms with Crippen molar-refractivity contribution >= 4 is 19.7 Å². The second-order valence-electron chi connectivity index (χ2n) is 11.0. The molecule has 0 N–H and O–H groups in total. The lowest BCUT2D eigenvalue weighted by molar-refractivity contribution is -0.164. The minimum Gasteiger partial charge on any atom is -0.347 e. The molecule has 1 spiro atoms. The number of nitriles is 1. The van der Waals surface area contributed by atoms with E-state index in [9.17, 15) is 5.26 Å². The first-order valence-corrected chi connectivity index (χ1v) is 15.2. The fraction of sp³-hybridized carbons (Fsp3) is 0.792. The molecule has 0 amide bonds. The van der Waals surface area contributed by atoms with E-state index in [2.05, 4.69) is 32.2 Å². The van der Waals surface area contributed by atoms with Crippen LogP contribution in [0.2, 0.25) is 18.1 Å². The molecule has 4 atom stereocenters. The number of ether oxygens (including phenoxy) is 2. The number of hydrogen-bond donors (Lipinski definition) is 0. The predicted octanol–water partition coefficient (Wildman–Crippen LogP) is 6.12. The summed E-state index contributed by atoms with van der Waals surface area (Å²) in [7, 11) is -1.86. The van der Waals surface area contributed by atoms with E-state index in [0.717, 1.165) is 45.3 Å². The first-order valence-electron chi connectivity index (χ1n) is 11.5. The molecular formula is C24H34ClNO2Si. The molecule has 1 heterocycles. The maximum Gasteiger partial charge on any atom is 0.172 e. The largest absolute Gasteiger partial charge is 0.347 e. The lowest BCUT2D eigenvalue weighted by atomic mass is 9.57. The van der Waals surface area contributed by atoms with E-state index < -0.39 is 8.07 Å². The van der Waals surface area contributed by atoms with Crippen LogP contribution < -0.4 is 0 Å². The number of fused-ring (bicyclic) bond motifs is 4. The highest BCUT2D eigenvalue weighted by molar-refractivity contribution is 6.86. The van der Waals surface area contributed by atoms with E-state index >= 15 is 0 Å². The average Bonchev–Trinajstić information content (AvgIpc) is 3.29. The van der Waals surface area contributed by atoms with Crippen LogP contribution >= 0.6 is 11.6 Å². The third kappa shape index (κ3) is 2.60. The van der Waals surface area contributed by atoms with E-state index in [1.165, 1.54) is 19.3 Å². The van der Waals surface area contributed by atoms with Gasteiger partial charge in [-0.05, 0) is 66.9 Å². The molecule has 0 unspecified atom stereocenters. The molecule has 5 rings (SSSR count). The Balaban J connectivity index is 1.50. The summed E-state index contributed by atoms with van der Waals surface area (Å²) < 4.78 is 12.0. The van der Waals surface area contributed by atoms with Crippen LogP contribution in [0.4, 0.5) is 0 Å². The van der Waals surface area contributed by atoms with Crippen LogP contribution in [0.15, 0.2) is 22.8 Å². The number of allylic oxidation sites excluding steroid dienone is 3. The molecule has 0 aromatic heterocycles. The summed E-state index contributed by atoms with van der Waals surface area (Å²) in [5, 5.41) is 10.3. The second-order valence-corrected chi connectivity index (χ2v) is 16.7. The number of rotatable bonds is 2. The van der Waals surface area contributed by atoms with Crippen LogP contribution in [0, 0.1) is 28.6 Å². The summed E-state index contributed by atoms with van der Waals surface area (Å²) in [6, 6.07) is 2.90. The van der Waals surface area contributed by atoms with Gasteiger partial charge >= 0.3 is 0 Å². The Morgan fingerprint density at radius 3 is 2.66 bits per heavy atom. The zero-order valence-electron chi connectivity index (χ0n) is 18.2. The Labute approximate surface area is 181 Å². The predicted molar refractivity (Wildman–Crippen MR) is 118 cm³/mol. The fourth-order valence-corrected chi connectivity index (χ4v) is 11.8. The Hall–Kier alpha value is -0.603. The van der Waals surface area contributed by atoms with Crippen molar-refractivity contribution in [1.29, 1.82) is 5.26 Å². The van der Waals surface area contributed by atoms with Crippen LogP contribution in [0.3, 0.4) is 0 Å². The van der Waals surface area contributed by atoms with Gasteiger partial charge in [0.05, 0.1) is 32.4 Å². The van der Waals surface area contributed by atoms with Gasteiger partial charge in [-0.25, -0.2) is 0 Å². The van der Waals surface area contributed by atoms with Crippen molar-refractivity contribution < 1.29 is 9.47 Å². The Bertz CT molecular complexity index is 821. The third-order valence-corrected chi connectivity index (χ3v) is 15.4. The molecule has 0 bridgehead atoms. The molecule has 1 saturated heterocycles. The van der Waals surface area contributed by atoms with Crippen molar-refractivity contribution in [1.82, 2.24) is 0 Å². The van der Waals surface area contributed by atoms with Crippen molar-refractivity contribution in [3.05, 3.63) is 22.8 Å². The summed E-state index contributed by atoms with van der Waals surface area (Å²) in [5.41, 5.74) is 5.59. The molecular weight excluding hydrogens is 398 g/mol. The Morgan fingerprint density at radius 2 is 1.97 bits per heavy atom. The average molecular weight is 432 g/mol. The molecule has 5 heteroatoms. The summed E-state index contributed by atoms with van der Waals surface area (Å²) >= 11 is 6.49. The van der Waals surface area contributed by atoms with Crippen molar-refractivity contribution in [2.24, 2.45) is 17.3 Å². The maximum absolute atomic E-state index is 10.5. The van der Waals surface area contributed by atoms with Gasteiger partial charge in [0, 0.05) is 18.3 Å². The second kappa shape index (κ2) is 6.70. The normalized spacial score (nSPS) is 40.9. The number of nitrogens with zero attached hydrogens (tertiary/aromatic N) is 1. The molecule has 3 nitrogen and oxygen atoms in total. The van der Waals surface area contributed by atoms with Gasteiger partial charge in [-0.15, -0.1) is 11.6 Å². The molecule has 0 aromatic rings. The zero-order chi connectivity index (χ0) is 20.5. The summed E-state index contributed by atoms with van der Waals surface area (Å²) in [6.07, 6.45) is 11.3. The number of halogens is 1. The van der Waals surface area contributed by atoms with Crippen molar-refractivity contribution in [3.8, 4) is 6.07 Å². The van der Waals surface area contributed by atoms with Gasteiger partial charge in [-0.3, -0.25) is 0 Å². The van der Waals surface area contributed by atoms with E-state index in [0.29, 0.717) is 17.3 Å². The minimum absolute atomic E-state index is 0.0756. The molecule has 5 aliphatic rings. The van der Waals surface area contributed by atoms with E-state index in [4.69, 9.17) is 21.1 Å². The lowest BCUT2D eigenvalue weighted by Gasteiger charge is -2.54. The van der Waals surface area contributed by atoms with Crippen molar-refractivity contribution in [2.45, 2.75) is 82.2 Å². The smallest absolute Gasteiger partial charge is 0.172 e. The van der Waals surface area contributed by atoms with Gasteiger partial charge < -0.3 is 9.47 Å². The summed E-state index contributed by atoms with van der Waals surface area (Å²) in [4.78, 5) is 0. The Kier molecular flexibility index (Phi) is 4.69. The van der Waals surface area contributed by atoms with Crippen LogP contribution in [0.25, 0.3) is 0 Å². The van der Waals surface area contributed by atoms with Crippen molar-refractivity contribution in [2.75, 3.05) is 18.7 Å². The molecule has 29 heavy (non-hydrogen) atoms. The van der Waals surface area contributed by atoms with Gasteiger partial charge in [0.2, 0.25) is 0 Å². The van der Waals surface area contributed by atoms with Crippen LogP contribution in [-0.2, 0) is 9.47 Å². The summed E-state index contributed by atoms with van der Waals surface area (Å²) in [6.45, 7) is 8.61. The van der Waals surface area contributed by atoms with Crippen LogP contribution in [-0.4, -0.2) is 32.6 Å². The monoisotopic (exact) mass is 431 g/mol. The minimum atomic E-state index is -1.86. The van der Waals surface area contributed by atoms with E-state index in [1.807, 2.05) is 0 Å². The number of alkyl halides is 1. The molecule has 0 radical (unpaired) electrons. The maximum atomic E-state index is 10.5. The van der Waals surface area contributed by atoms with Gasteiger partial charge in [-0.1, -0.05) is 31.7 Å². The fourth-order valence-electron chi connectivity index (χ4n) is 7.89. The molecule has 158 valence electrons. The molecule has 1 saturated carbocycles. The first-order chi connectivity index (χ1) is 13.8. The quantitative estimate of drug-likeness (QED) is 0.390. The zero-order valence-corrected chi connectivity index (χ0v) is 19.9. The van der Waals surface area contributed by atoms with Crippen LogP contribution in [0.1, 0.15) is 58.3 Å². The number of hydrogen-bond acceptors (Lipinski definition) is 3. The van der Waals surface area contributed by atoms with Crippen LogP contribution in [0.5, 0.6) is 0 Å². The van der Waals surface area contributed by atoms with Gasteiger partial charge in [0.25, 0.3) is 0 Å². The topological polar surface area (TPSA) is 42.2 Å². The molecule has 4 aliphatic carbocycles. The standard InChI is InChI=1S/C24H34ClNO2Si/c1-22-9-6-19-18-7-11-24(27-12-13-28-24)14-17(18)4-5-20(19)21(22)8-10-23(22,15-26)29(2,3)16-25/h6,20-21H,4-5,7-14,16H2,1-3H3/t20-,21+,22+,23+/m1/s1. The Morgan fingerprint density at radius 1 is 1.21 bits per heavy atom. The molecule has 2 fully saturated rings. The van der Waals surface area contributed by atoms with E-state index in [-0.39, 0.29) is 16.2 Å². The lowest BCUT2D eigenvalue weighted by Crippen LogP contribution is -2.53. The van der Waals surface area contributed by atoms with E-state index in [1.54, 1.807) is 16.7 Å². The van der Waals surface area contributed by atoms with Crippen molar-refractivity contribution in [3.63, 3.8) is 0 Å². The molecule has 0 aromatic carbocycles. The SMILES string of the molecule is C[C@]12CC=C3C4=C(CC[C@H]3[C@@H]1CC[C@@]2(C#N)[Si](C)(C)CCl)CC1(CC4)OCCO1.